The third kappa shape index (κ3) is 3.28. The third-order valence-corrected chi connectivity index (χ3v) is 11.2. The van der Waals surface area contributed by atoms with Crippen LogP contribution in [-0.2, 0) is 0 Å². The third-order valence-electron chi connectivity index (χ3n) is 11.2. The van der Waals surface area contributed by atoms with Crippen LogP contribution in [0.15, 0.2) is 170 Å². The Morgan fingerprint density at radius 1 is 0.260 bits per heavy atom. The van der Waals surface area contributed by atoms with E-state index in [1.54, 1.807) is 0 Å². The second-order valence-electron chi connectivity index (χ2n) is 13.7. The van der Waals surface area contributed by atoms with E-state index in [-0.39, 0.29) is 0 Å². The van der Waals surface area contributed by atoms with E-state index in [1.165, 1.54) is 109 Å². The normalized spacial score (nSPS) is 12.4. The predicted molar refractivity (Wildman–Crippen MR) is 214 cm³/mol. The van der Waals surface area contributed by atoms with E-state index < -0.39 is 0 Å². The summed E-state index contributed by atoms with van der Waals surface area (Å²) >= 11 is 0. The molecule has 0 spiro atoms. The molecule has 0 N–H and O–H groups in total. The van der Waals surface area contributed by atoms with Gasteiger partial charge in [-0.25, -0.2) is 0 Å². The van der Waals surface area contributed by atoms with Crippen LogP contribution < -0.4 is 0 Å². The average molecular weight is 633 g/mol. The molecule has 2 nitrogen and oxygen atoms in total. The highest BCUT2D eigenvalue weighted by Gasteiger charge is 2.23. The summed E-state index contributed by atoms with van der Waals surface area (Å²) in [6.45, 7) is 0. The van der Waals surface area contributed by atoms with Crippen LogP contribution in [0.5, 0.6) is 0 Å². The van der Waals surface area contributed by atoms with Crippen LogP contribution in [0.25, 0.3) is 109 Å². The molecule has 0 saturated carbocycles. The van der Waals surface area contributed by atoms with Crippen LogP contribution in [0.4, 0.5) is 0 Å². The van der Waals surface area contributed by atoms with E-state index in [9.17, 15) is 0 Å². The first-order chi connectivity index (χ1) is 24.8. The lowest BCUT2D eigenvalue weighted by Gasteiger charge is -2.17. The van der Waals surface area contributed by atoms with E-state index in [0.29, 0.717) is 0 Å². The van der Waals surface area contributed by atoms with Gasteiger partial charge in [-0.1, -0.05) is 133 Å². The largest absolute Gasteiger partial charge is 0.309 e. The van der Waals surface area contributed by atoms with E-state index >= 15 is 0 Å². The van der Waals surface area contributed by atoms with Gasteiger partial charge in [0.25, 0.3) is 0 Å². The van der Waals surface area contributed by atoms with Gasteiger partial charge in [-0.2, -0.15) is 0 Å². The minimum absolute atomic E-state index is 1.21. The van der Waals surface area contributed by atoms with Crippen molar-refractivity contribution >= 4 is 97.5 Å². The van der Waals surface area contributed by atoms with Gasteiger partial charge in [0, 0.05) is 37.7 Å². The molecule has 50 heavy (non-hydrogen) atoms. The molecular formula is C48H28N2. The number of para-hydroxylation sites is 2. The van der Waals surface area contributed by atoms with Crippen molar-refractivity contribution < 1.29 is 0 Å². The van der Waals surface area contributed by atoms with Crippen LogP contribution in [0.3, 0.4) is 0 Å². The first-order valence-electron chi connectivity index (χ1n) is 17.4. The van der Waals surface area contributed by atoms with Crippen molar-refractivity contribution in [1.29, 1.82) is 0 Å². The van der Waals surface area contributed by atoms with Gasteiger partial charge < -0.3 is 9.13 Å². The molecule has 0 atom stereocenters. The molecule has 2 heterocycles. The Labute approximate surface area is 286 Å². The first kappa shape index (κ1) is 26.3. The lowest BCUT2D eigenvalue weighted by molar-refractivity contribution is 1.20. The lowest BCUT2D eigenvalue weighted by Crippen LogP contribution is -1.97. The molecule has 0 saturated heterocycles. The summed E-state index contributed by atoms with van der Waals surface area (Å²) in [5, 5.41) is 18.0. The fraction of sp³-hybridized carbons (Fsp3) is 0. The van der Waals surface area contributed by atoms with Gasteiger partial charge in [-0.05, 0) is 74.1 Å². The predicted octanol–water partition coefficient (Wildman–Crippen LogP) is 13.1. The number of aromatic nitrogens is 2. The summed E-state index contributed by atoms with van der Waals surface area (Å²) < 4.78 is 5.00. The molecular weight excluding hydrogens is 605 g/mol. The summed E-state index contributed by atoms with van der Waals surface area (Å²) in [4.78, 5) is 0. The molecule has 12 aromatic rings. The molecule has 0 unspecified atom stereocenters. The maximum absolute atomic E-state index is 2.51. The Morgan fingerprint density at radius 2 is 0.780 bits per heavy atom. The van der Waals surface area contributed by atoms with Crippen molar-refractivity contribution in [2.75, 3.05) is 0 Å². The van der Waals surface area contributed by atoms with E-state index in [1.807, 2.05) is 0 Å². The maximum Gasteiger partial charge on any atom is 0.0620 e. The smallest absolute Gasteiger partial charge is 0.0620 e. The number of hydrogen-bond donors (Lipinski definition) is 0. The Hall–Kier alpha value is -6.64. The van der Waals surface area contributed by atoms with E-state index in [2.05, 4.69) is 179 Å². The lowest BCUT2D eigenvalue weighted by atomic mass is 9.90. The van der Waals surface area contributed by atoms with Crippen LogP contribution >= 0.6 is 0 Å². The average Bonchev–Trinajstić information content (AvgIpc) is 3.69. The zero-order valence-electron chi connectivity index (χ0n) is 27.1. The zero-order chi connectivity index (χ0) is 32.5. The molecule has 0 amide bonds. The van der Waals surface area contributed by atoms with Crippen molar-refractivity contribution in [2.24, 2.45) is 0 Å². The SMILES string of the molecule is c1ccc2c(-n3c4ccccc4c4c5ccc6c7c(ccc(cc43)c57)cc3c4ccccc4n(-c4cccc5ccccc45)c36)cccc2c1. The fourth-order valence-corrected chi connectivity index (χ4v) is 9.17. The molecule has 0 aliphatic rings. The molecule has 0 aliphatic heterocycles. The summed E-state index contributed by atoms with van der Waals surface area (Å²) in [6.07, 6.45) is 0. The van der Waals surface area contributed by atoms with Gasteiger partial charge in [-0.15, -0.1) is 0 Å². The molecule has 12 rings (SSSR count). The Morgan fingerprint density at radius 3 is 1.50 bits per heavy atom. The van der Waals surface area contributed by atoms with E-state index in [0.717, 1.165) is 0 Å². The molecule has 10 aromatic carbocycles. The molecule has 2 heteroatoms. The van der Waals surface area contributed by atoms with Crippen molar-refractivity contribution in [1.82, 2.24) is 9.13 Å². The molecule has 0 radical (unpaired) electrons. The van der Waals surface area contributed by atoms with Crippen LogP contribution in [-0.4, -0.2) is 9.13 Å². The number of fused-ring (bicyclic) bond motifs is 10. The topological polar surface area (TPSA) is 9.86 Å². The quantitative estimate of drug-likeness (QED) is 0.168. The minimum Gasteiger partial charge on any atom is -0.309 e. The molecule has 230 valence electrons. The van der Waals surface area contributed by atoms with Gasteiger partial charge >= 0.3 is 0 Å². The van der Waals surface area contributed by atoms with Crippen LogP contribution in [0, 0.1) is 0 Å². The van der Waals surface area contributed by atoms with Gasteiger partial charge in [0.15, 0.2) is 0 Å². The van der Waals surface area contributed by atoms with Crippen molar-refractivity contribution in [3.8, 4) is 11.4 Å². The van der Waals surface area contributed by atoms with E-state index in [4.69, 9.17) is 0 Å². The van der Waals surface area contributed by atoms with Gasteiger partial charge in [0.05, 0.1) is 33.4 Å². The Bertz CT molecular complexity index is 3360. The van der Waals surface area contributed by atoms with Crippen molar-refractivity contribution in [3.05, 3.63) is 170 Å². The Kier molecular flexibility index (Phi) is 5.00. The van der Waals surface area contributed by atoms with Gasteiger partial charge in [0.2, 0.25) is 0 Å². The highest BCUT2D eigenvalue weighted by Crippen LogP contribution is 2.47. The van der Waals surface area contributed by atoms with Gasteiger partial charge in [0.1, 0.15) is 0 Å². The van der Waals surface area contributed by atoms with Crippen LogP contribution in [0.1, 0.15) is 0 Å². The molecule has 2 aromatic heterocycles. The van der Waals surface area contributed by atoms with Crippen molar-refractivity contribution in [3.63, 3.8) is 0 Å². The summed E-state index contributed by atoms with van der Waals surface area (Å²) in [7, 11) is 0. The number of hydrogen-bond acceptors (Lipinski definition) is 0. The zero-order valence-corrected chi connectivity index (χ0v) is 27.1. The highest BCUT2D eigenvalue weighted by molar-refractivity contribution is 6.37. The molecule has 0 bridgehead atoms. The second kappa shape index (κ2) is 9.49. The Balaban J connectivity index is 1.27. The van der Waals surface area contributed by atoms with Gasteiger partial charge in [-0.3, -0.25) is 0 Å². The minimum atomic E-state index is 1.21. The van der Waals surface area contributed by atoms with Crippen LogP contribution in [0.2, 0.25) is 0 Å². The first-order valence-corrected chi connectivity index (χ1v) is 17.4. The summed E-state index contributed by atoms with van der Waals surface area (Å²) in [5.41, 5.74) is 7.39. The maximum atomic E-state index is 2.51. The summed E-state index contributed by atoms with van der Waals surface area (Å²) in [6, 6.07) is 63.0. The number of benzene rings is 10. The molecule has 0 fully saturated rings. The summed E-state index contributed by atoms with van der Waals surface area (Å²) in [5.74, 6) is 0. The fourth-order valence-electron chi connectivity index (χ4n) is 9.17. The highest BCUT2D eigenvalue weighted by atomic mass is 15.0. The number of nitrogens with zero attached hydrogens (tertiary/aromatic N) is 2. The second-order valence-corrected chi connectivity index (χ2v) is 13.7. The standard InChI is InChI=1S/C48H28N2/c1-3-15-33-29(11-1)13-9-21-40(33)49-43-20-8-6-18-36(43)47-37-25-26-38-46-31(23-24-32(45(37)46)28-44(47)49)27-39-35-17-5-7-19-42(35)50(48(38)39)41-22-10-14-30-12-2-4-16-34(30)41/h1-28H. The van der Waals surface area contributed by atoms with Crippen molar-refractivity contribution in [2.45, 2.75) is 0 Å². The monoisotopic (exact) mass is 632 g/mol. The number of rotatable bonds is 2. The molecule has 0 aliphatic carbocycles.